The molecule has 0 saturated heterocycles. The number of aliphatic hydroxyl groups is 1. The van der Waals surface area contributed by atoms with E-state index in [0.717, 1.165) is 12.3 Å². The van der Waals surface area contributed by atoms with Gasteiger partial charge in [0.1, 0.15) is 5.60 Å². The molecule has 3 nitrogen and oxygen atoms in total. The molecule has 0 aromatic rings. The highest BCUT2D eigenvalue weighted by atomic mass is 16.3. The largest absolute Gasteiger partial charge is 0.381 e. The minimum atomic E-state index is -1.23. The minimum Gasteiger partial charge on any atom is -0.381 e. The van der Waals surface area contributed by atoms with E-state index in [1.54, 1.807) is 0 Å². The average Bonchev–Trinajstić information content (AvgIpc) is 2.69. The van der Waals surface area contributed by atoms with Gasteiger partial charge < -0.3 is 10.4 Å². The molecular weight excluding hydrogens is 154 g/mol. The Kier molecular flexibility index (Phi) is 2.73. The van der Waals surface area contributed by atoms with Crippen LogP contribution >= 0.6 is 0 Å². The Labute approximate surface area is 73.2 Å². The van der Waals surface area contributed by atoms with Crippen LogP contribution in [0.2, 0.25) is 0 Å². The molecule has 1 aliphatic rings. The molecule has 0 bridgehead atoms. The van der Waals surface area contributed by atoms with Crippen LogP contribution in [0.1, 0.15) is 33.1 Å². The van der Waals surface area contributed by atoms with Gasteiger partial charge in [0.2, 0.25) is 0 Å². The van der Waals surface area contributed by atoms with Crippen LogP contribution < -0.4 is 5.32 Å². The molecule has 0 aliphatic heterocycles. The van der Waals surface area contributed by atoms with E-state index >= 15 is 0 Å². The van der Waals surface area contributed by atoms with Crippen LogP contribution in [0.25, 0.3) is 0 Å². The maximum absolute atomic E-state index is 11.1. The topological polar surface area (TPSA) is 49.3 Å². The number of hydrogen-bond donors (Lipinski definition) is 2. The summed E-state index contributed by atoms with van der Waals surface area (Å²) in [6.07, 6.45) is 3.67. The maximum Gasteiger partial charge on any atom is 0.251 e. The zero-order valence-corrected chi connectivity index (χ0v) is 7.76. The van der Waals surface area contributed by atoms with E-state index in [1.807, 2.05) is 0 Å². The molecule has 0 aromatic carbocycles. The molecule has 0 heterocycles. The fourth-order valence-corrected chi connectivity index (χ4v) is 1.01. The third-order valence-corrected chi connectivity index (χ3v) is 2.09. The van der Waals surface area contributed by atoms with Gasteiger partial charge in [0.25, 0.3) is 5.91 Å². The Morgan fingerprint density at radius 1 is 1.58 bits per heavy atom. The Morgan fingerprint density at radius 2 is 2.17 bits per heavy atom. The summed E-state index contributed by atoms with van der Waals surface area (Å²) in [5.41, 5.74) is -1.23. The molecule has 0 atom stereocenters. The lowest BCUT2D eigenvalue weighted by Gasteiger charge is -2.16. The van der Waals surface area contributed by atoms with Gasteiger partial charge in [0, 0.05) is 6.54 Å². The highest BCUT2D eigenvalue weighted by molar-refractivity contribution is 5.83. The quantitative estimate of drug-likeness (QED) is 0.653. The van der Waals surface area contributed by atoms with Crippen molar-refractivity contribution in [3.05, 3.63) is 0 Å². The van der Waals surface area contributed by atoms with Crippen LogP contribution in [0.3, 0.4) is 0 Å². The second kappa shape index (κ2) is 3.44. The standard InChI is InChI=1S/C9H17NO2/c1-9(2,12)8(11)10-6-5-7-3-4-7/h7,12H,3-6H2,1-2H3,(H,10,11). The Morgan fingerprint density at radius 3 is 2.58 bits per heavy atom. The van der Waals surface area contributed by atoms with Crippen LogP contribution in [0.4, 0.5) is 0 Å². The van der Waals surface area contributed by atoms with E-state index in [0.29, 0.717) is 6.54 Å². The lowest BCUT2D eigenvalue weighted by atomic mass is 10.1. The molecule has 12 heavy (non-hydrogen) atoms. The molecule has 1 rings (SSSR count). The lowest BCUT2D eigenvalue weighted by molar-refractivity contribution is -0.136. The van der Waals surface area contributed by atoms with Crippen LogP contribution in [0.5, 0.6) is 0 Å². The molecule has 1 fully saturated rings. The van der Waals surface area contributed by atoms with E-state index < -0.39 is 5.60 Å². The van der Waals surface area contributed by atoms with Gasteiger partial charge >= 0.3 is 0 Å². The van der Waals surface area contributed by atoms with Gasteiger partial charge in [-0.2, -0.15) is 0 Å². The molecule has 1 amide bonds. The van der Waals surface area contributed by atoms with Gasteiger partial charge in [-0.3, -0.25) is 4.79 Å². The van der Waals surface area contributed by atoms with Gasteiger partial charge in [0.15, 0.2) is 0 Å². The Balaban J connectivity index is 2.08. The number of carbonyl (C=O) groups is 1. The summed E-state index contributed by atoms with van der Waals surface area (Å²) in [5.74, 6) is 0.551. The molecule has 0 radical (unpaired) electrons. The van der Waals surface area contributed by atoms with Crippen molar-refractivity contribution in [3.8, 4) is 0 Å². The summed E-state index contributed by atoms with van der Waals surface area (Å²) in [6.45, 7) is 3.70. The van der Waals surface area contributed by atoms with Crippen molar-refractivity contribution in [3.63, 3.8) is 0 Å². The van der Waals surface area contributed by atoms with Crippen molar-refractivity contribution in [2.24, 2.45) is 5.92 Å². The van der Waals surface area contributed by atoms with Crippen LogP contribution in [-0.4, -0.2) is 23.2 Å². The zero-order chi connectivity index (χ0) is 9.19. The van der Waals surface area contributed by atoms with Gasteiger partial charge in [-0.25, -0.2) is 0 Å². The fraction of sp³-hybridized carbons (Fsp3) is 0.889. The van der Waals surface area contributed by atoms with Crippen molar-refractivity contribution < 1.29 is 9.90 Å². The number of hydrogen-bond acceptors (Lipinski definition) is 2. The average molecular weight is 171 g/mol. The lowest BCUT2D eigenvalue weighted by Crippen LogP contribution is -2.42. The predicted molar refractivity (Wildman–Crippen MR) is 46.6 cm³/mol. The third kappa shape index (κ3) is 3.22. The molecule has 0 aromatic heterocycles. The van der Waals surface area contributed by atoms with Crippen molar-refractivity contribution in [1.29, 1.82) is 0 Å². The first kappa shape index (κ1) is 9.52. The smallest absolute Gasteiger partial charge is 0.251 e. The first-order valence-corrected chi connectivity index (χ1v) is 4.51. The number of carbonyl (C=O) groups excluding carboxylic acids is 1. The number of rotatable bonds is 4. The molecule has 2 N–H and O–H groups in total. The van der Waals surface area contributed by atoms with Crippen molar-refractivity contribution in [2.45, 2.75) is 38.7 Å². The fourth-order valence-electron chi connectivity index (χ4n) is 1.01. The molecule has 1 aliphatic carbocycles. The first-order valence-electron chi connectivity index (χ1n) is 4.51. The number of nitrogens with one attached hydrogen (secondary N) is 1. The second-order valence-corrected chi connectivity index (χ2v) is 4.05. The van der Waals surface area contributed by atoms with E-state index in [1.165, 1.54) is 26.7 Å². The van der Waals surface area contributed by atoms with Crippen LogP contribution in [0.15, 0.2) is 0 Å². The van der Waals surface area contributed by atoms with Gasteiger partial charge in [-0.05, 0) is 26.2 Å². The SMILES string of the molecule is CC(C)(O)C(=O)NCCC1CC1. The van der Waals surface area contributed by atoms with Gasteiger partial charge in [0.05, 0.1) is 0 Å². The summed E-state index contributed by atoms with van der Waals surface area (Å²) in [7, 11) is 0. The van der Waals surface area contributed by atoms with E-state index in [9.17, 15) is 9.90 Å². The Bertz CT molecular complexity index is 168. The van der Waals surface area contributed by atoms with Gasteiger partial charge in [-0.1, -0.05) is 12.8 Å². The molecular formula is C9H17NO2. The molecule has 1 saturated carbocycles. The first-order chi connectivity index (χ1) is 5.50. The second-order valence-electron chi connectivity index (χ2n) is 4.05. The Hall–Kier alpha value is -0.570. The van der Waals surface area contributed by atoms with Gasteiger partial charge in [-0.15, -0.1) is 0 Å². The van der Waals surface area contributed by atoms with Crippen LogP contribution in [-0.2, 0) is 4.79 Å². The molecule has 0 spiro atoms. The number of amides is 1. The van der Waals surface area contributed by atoms with Crippen molar-refractivity contribution >= 4 is 5.91 Å². The summed E-state index contributed by atoms with van der Waals surface area (Å²) < 4.78 is 0. The highest BCUT2D eigenvalue weighted by Crippen LogP contribution is 2.31. The summed E-state index contributed by atoms with van der Waals surface area (Å²) in [4.78, 5) is 11.1. The van der Waals surface area contributed by atoms with Crippen molar-refractivity contribution in [2.75, 3.05) is 6.54 Å². The summed E-state index contributed by atoms with van der Waals surface area (Å²) in [6, 6.07) is 0. The molecule has 3 heteroatoms. The maximum atomic E-state index is 11.1. The predicted octanol–water partition coefficient (Wildman–Crippen LogP) is 0.674. The highest BCUT2D eigenvalue weighted by Gasteiger charge is 2.25. The van der Waals surface area contributed by atoms with E-state index in [2.05, 4.69) is 5.32 Å². The molecule has 0 unspecified atom stereocenters. The zero-order valence-electron chi connectivity index (χ0n) is 7.76. The van der Waals surface area contributed by atoms with Crippen molar-refractivity contribution in [1.82, 2.24) is 5.32 Å². The summed E-state index contributed by atoms with van der Waals surface area (Å²) >= 11 is 0. The van der Waals surface area contributed by atoms with E-state index in [-0.39, 0.29) is 5.91 Å². The van der Waals surface area contributed by atoms with Crippen LogP contribution in [0, 0.1) is 5.92 Å². The normalized spacial score (nSPS) is 17.6. The van der Waals surface area contributed by atoms with E-state index in [4.69, 9.17) is 0 Å². The minimum absolute atomic E-state index is 0.275. The molecule has 70 valence electrons. The third-order valence-electron chi connectivity index (χ3n) is 2.09. The summed E-state index contributed by atoms with van der Waals surface area (Å²) in [5, 5.41) is 12.0. The monoisotopic (exact) mass is 171 g/mol.